The Kier molecular flexibility index (Phi) is 3.94. The highest BCUT2D eigenvalue weighted by molar-refractivity contribution is 8.15. The van der Waals surface area contributed by atoms with Crippen molar-refractivity contribution in [3.63, 3.8) is 0 Å². The summed E-state index contributed by atoms with van der Waals surface area (Å²) in [6, 6.07) is 4.45. The van der Waals surface area contributed by atoms with Crippen LogP contribution in [0.3, 0.4) is 0 Å². The lowest BCUT2D eigenvalue weighted by molar-refractivity contribution is 0.621. The quantitative estimate of drug-likeness (QED) is 0.879. The molecule has 0 aliphatic carbocycles. The van der Waals surface area contributed by atoms with Gasteiger partial charge >= 0.3 is 0 Å². The van der Waals surface area contributed by atoms with Crippen molar-refractivity contribution in [2.45, 2.75) is 19.1 Å². The van der Waals surface area contributed by atoms with Gasteiger partial charge in [-0.1, -0.05) is 37.2 Å². The van der Waals surface area contributed by atoms with Crippen LogP contribution in [0.4, 0.5) is 10.1 Å². The Morgan fingerprint density at radius 2 is 2.29 bits per heavy atom. The second-order valence-corrected chi connectivity index (χ2v) is 5.96. The second kappa shape index (κ2) is 5.27. The average Bonchev–Trinajstić information content (AvgIpc) is 2.72. The van der Waals surface area contributed by atoms with Crippen molar-refractivity contribution in [3.05, 3.63) is 29.0 Å². The molecular weight excluding hydrogens is 259 g/mol. The molecule has 1 aliphatic heterocycles. The Morgan fingerprint density at radius 1 is 1.53 bits per heavy atom. The van der Waals surface area contributed by atoms with Gasteiger partial charge in [-0.15, -0.1) is 0 Å². The highest BCUT2D eigenvalue weighted by atomic mass is 35.5. The Labute approximate surface area is 110 Å². The monoisotopic (exact) mass is 272 g/mol. The first kappa shape index (κ1) is 12.7. The van der Waals surface area contributed by atoms with Crippen LogP contribution in [-0.2, 0) is 0 Å². The topological polar surface area (TPSA) is 24.4 Å². The first-order valence-corrected chi connectivity index (χ1v) is 6.75. The van der Waals surface area contributed by atoms with Gasteiger partial charge in [-0.25, -0.2) is 4.39 Å². The van der Waals surface area contributed by atoms with Gasteiger partial charge in [-0.3, -0.25) is 4.99 Å². The molecule has 1 N–H and O–H groups in total. The molecule has 17 heavy (non-hydrogen) atoms. The number of nitrogens with one attached hydrogen (secondary N) is 1. The Hall–Kier alpha value is -0.740. The summed E-state index contributed by atoms with van der Waals surface area (Å²) in [6.45, 7) is 5.11. The van der Waals surface area contributed by atoms with Crippen molar-refractivity contribution >= 4 is 34.2 Å². The van der Waals surface area contributed by atoms with Crippen LogP contribution in [0.2, 0.25) is 5.02 Å². The number of rotatable bonds is 2. The normalized spacial score (nSPS) is 19.6. The molecule has 0 saturated heterocycles. The minimum Gasteiger partial charge on any atom is -0.333 e. The molecule has 1 aromatic carbocycles. The third-order valence-electron chi connectivity index (χ3n) is 2.59. The zero-order valence-corrected chi connectivity index (χ0v) is 11.3. The zero-order valence-electron chi connectivity index (χ0n) is 9.71. The van der Waals surface area contributed by atoms with E-state index >= 15 is 0 Å². The van der Waals surface area contributed by atoms with Gasteiger partial charge < -0.3 is 5.32 Å². The van der Waals surface area contributed by atoms with E-state index in [1.807, 2.05) is 0 Å². The van der Waals surface area contributed by atoms with Gasteiger partial charge in [0.1, 0.15) is 5.82 Å². The zero-order chi connectivity index (χ0) is 12.4. The third kappa shape index (κ3) is 3.13. The molecule has 0 fully saturated rings. The van der Waals surface area contributed by atoms with Crippen LogP contribution >= 0.6 is 23.4 Å². The molecule has 1 aliphatic rings. The van der Waals surface area contributed by atoms with Gasteiger partial charge in [-0.05, 0) is 24.1 Å². The fourth-order valence-corrected chi connectivity index (χ4v) is 2.71. The Bertz CT molecular complexity index is 448. The summed E-state index contributed by atoms with van der Waals surface area (Å²) in [5.74, 6) is 0.248. The van der Waals surface area contributed by atoms with Crippen LogP contribution in [0.25, 0.3) is 0 Å². The number of thioether (sulfide) groups is 1. The minimum absolute atomic E-state index is 0.314. The molecule has 0 amide bonds. The van der Waals surface area contributed by atoms with Gasteiger partial charge in [0.05, 0.1) is 12.2 Å². The molecule has 0 saturated carbocycles. The molecule has 0 radical (unpaired) electrons. The molecule has 0 aromatic heterocycles. The van der Waals surface area contributed by atoms with E-state index in [1.54, 1.807) is 17.8 Å². The molecule has 1 atom stereocenters. The molecule has 1 unspecified atom stereocenters. The second-order valence-electron chi connectivity index (χ2n) is 4.30. The van der Waals surface area contributed by atoms with Crippen molar-refractivity contribution < 1.29 is 4.39 Å². The number of anilines is 1. The van der Waals surface area contributed by atoms with Crippen LogP contribution < -0.4 is 5.32 Å². The SMILES string of the molecule is CC(C)C1CN=C(Nc2cc(Cl)ccc2F)S1. The van der Waals surface area contributed by atoms with E-state index in [0.29, 0.717) is 21.9 Å². The molecule has 0 bridgehead atoms. The lowest BCUT2D eigenvalue weighted by Gasteiger charge is -2.12. The van der Waals surface area contributed by atoms with Crippen LogP contribution in [0, 0.1) is 11.7 Å². The summed E-state index contributed by atoms with van der Waals surface area (Å²) >= 11 is 7.49. The maximum atomic E-state index is 13.5. The number of hydrogen-bond acceptors (Lipinski definition) is 3. The number of amidine groups is 1. The number of aliphatic imine (C=N–C) groups is 1. The summed E-state index contributed by atoms with van der Waals surface area (Å²) in [7, 11) is 0. The highest BCUT2D eigenvalue weighted by Crippen LogP contribution is 2.29. The molecule has 1 heterocycles. The van der Waals surface area contributed by atoms with Gasteiger partial charge in [0, 0.05) is 10.3 Å². The smallest absolute Gasteiger partial charge is 0.161 e. The van der Waals surface area contributed by atoms with E-state index in [1.165, 1.54) is 12.1 Å². The van der Waals surface area contributed by atoms with E-state index in [4.69, 9.17) is 11.6 Å². The van der Waals surface area contributed by atoms with E-state index in [-0.39, 0.29) is 5.82 Å². The van der Waals surface area contributed by atoms with Crippen molar-refractivity contribution in [1.82, 2.24) is 0 Å². The summed E-state index contributed by atoms with van der Waals surface area (Å²) < 4.78 is 13.5. The third-order valence-corrected chi connectivity index (χ3v) is 4.28. The van der Waals surface area contributed by atoms with E-state index in [9.17, 15) is 4.39 Å². The molecule has 2 nitrogen and oxygen atoms in total. The van der Waals surface area contributed by atoms with Gasteiger partial charge in [0.15, 0.2) is 5.17 Å². The standard InChI is InChI=1S/C12H14ClFN2S/c1-7(2)11-6-15-12(17-11)16-10-5-8(13)3-4-9(10)14/h3-5,7,11H,6H2,1-2H3,(H,15,16). The van der Waals surface area contributed by atoms with E-state index in [0.717, 1.165) is 11.7 Å². The van der Waals surface area contributed by atoms with Crippen LogP contribution in [0.15, 0.2) is 23.2 Å². The molecular formula is C12H14ClFN2S. The molecule has 92 valence electrons. The lowest BCUT2D eigenvalue weighted by atomic mass is 10.1. The average molecular weight is 273 g/mol. The molecule has 5 heteroatoms. The van der Waals surface area contributed by atoms with Crippen LogP contribution in [-0.4, -0.2) is 17.0 Å². The molecule has 2 rings (SSSR count). The molecule has 1 aromatic rings. The Morgan fingerprint density at radius 3 is 2.94 bits per heavy atom. The lowest BCUT2D eigenvalue weighted by Crippen LogP contribution is -2.13. The Balaban J connectivity index is 2.05. The van der Waals surface area contributed by atoms with Crippen LogP contribution in [0.1, 0.15) is 13.8 Å². The summed E-state index contributed by atoms with van der Waals surface area (Å²) in [5.41, 5.74) is 0.383. The first-order chi connectivity index (χ1) is 8.06. The largest absolute Gasteiger partial charge is 0.333 e. The van der Waals surface area contributed by atoms with Crippen molar-refractivity contribution in [2.24, 2.45) is 10.9 Å². The van der Waals surface area contributed by atoms with Crippen LogP contribution in [0.5, 0.6) is 0 Å². The van der Waals surface area contributed by atoms with Gasteiger partial charge in [-0.2, -0.15) is 0 Å². The number of benzene rings is 1. The van der Waals surface area contributed by atoms with Gasteiger partial charge in [0.25, 0.3) is 0 Å². The minimum atomic E-state index is -0.314. The fourth-order valence-electron chi connectivity index (χ4n) is 1.52. The maximum absolute atomic E-state index is 13.5. The van der Waals surface area contributed by atoms with E-state index < -0.39 is 0 Å². The predicted molar refractivity (Wildman–Crippen MR) is 73.6 cm³/mol. The maximum Gasteiger partial charge on any atom is 0.161 e. The summed E-state index contributed by atoms with van der Waals surface area (Å²) in [6.07, 6.45) is 0. The first-order valence-electron chi connectivity index (χ1n) is 5.49. The fraction of sp³-hybridized carbons (Fsp3) is 0.417. The number of halogens is 2. The van der Waals surface area contributed by atoms with E-state index in [2.05, 4.69) is 24.2 Å². The van der Waals surface area contributed by atoms with Crippen molar-refractivity contribution in [2.75, 3.05) is 11.9 Å². The molecule has 0 spiro atoms. The summed E-state index contributed by atoms with van der Waals surface area (Å²) in [4.78, 5) is 4.36. The number of nitrogens with zero attached hydrogens (tertiary/aromatic N) is 1. The van der Waals surface area contributed by atoms with Crippen molar-refractivity contribution in [1.29, 1.82) is 0 Å². The highest BCUT2D eigenvalue weighted by Gasteiger charge is 2.23. The van der Waals surface area contributed by atoms with Crippen molar-refractivity contribution in [3.8, 4) is 0 Å². The predicted octanol–water partition coefficient (Wildman–Crippen LogP) is 4.02. The number of hydrogen-bond donors (Lipinski definition) is 1. The summed E-state index contributed by atoms with van der Waals surface area (Å²) in [5, 5.41) is 4.74. The van der Waals surface area contributed by atoms with Gasteiger partial charge in [0.2, 0.25) is 0 Å².